The van der Waals surface area contributed by atoms with Crippen molar-refractivity contribution in [1.82, 2.24) is 19.1 Å². The van der Waals surface area contributed by atoms with Gasteiger partial charge in [0.15, 0.2) is 0 Å². The lowest BCUT2D eigenvalue weighted by Crippen LogP contribution is -2.12. The summed E-state index contributed by atoms with van der Waals surface area (Å²) in [5.74, 6) is 0. The predicted molar refractivity (Wildman–Crippen MR) is 53.8 cm³/mol. The third-order valence-corrected chi connectivity index (χ3v) is 2.56. The van der Waals surface area contributed by atoms with Gasteiger partial charge in [-0.1, -0.05) is 4.49 Å². The second kappa shape index (κ2) is 3.85. The number of aryl methyl sites for hydroxylation is 1. The molecule has 0 fully saturated rings. The van der Waals surface area contributed by atoms with Gasteiger partial charge in [-0.05, 0) is 18.5 Å². The van der Waals surface area contributed by atoms with Crippen molar-refractivity contribution >= 4 is 11.5 Å². The Morgan fingerprint density at radius 3 is 3.00 bits per heavy atom. The van der Waals surface area contributed by atoms with E-state index in [9.17, 15) is 0 Å². The minimum absolute atomic E-state index is 0.262. The maximum absolute atomic E-state index is 5.96. The lowest BCUT2D eigenvalue weighted by atomic mass is 10.2. The van der Waals surface area contributed by atoms with E-state index < -0.39 is 0 Å². The van der Waals surface area contributed by atoms with Crippen molar-refractivity contribution in [3.8, 4) is 0 Å². The molecule has 6 heteroatoms. The zero-order valence-corrected chi connectivity index (χ0v) is 8.61. The van der Waals surface area contributed by atoms with Gasteiger partial charge in [0.05, 0.1) is 23.8 Å². The van der Waals surface area contributed by atoms with Gasteiger partial charge in [-0.2, -0.15) is 0 Å². The van der Waals surface area contributed by atoms with E-state index in [1.165, 1.54) is 11.5 Å². The van der Waals surface area contributed by atoms with E-state index in [1.54, 1.807) is 6.33 Å². The topological polar surface area (TPSA) is 69.6 Å². The zero-order chi connectivity index (χ0) is 9.97. The second-order valence-corrected chi connectivity index (χ2v) is 3.55. The molecule has 0 aromatic carbocycles. The monoisotopic (exact) mass is 209 g/mol. The molecule has 0 aliphatic heterocycles. The van der Waals surface area contributed by atoms with Crippen molar-refractivity contribution in [3.63, 3.8) is 0 Å². The minimum Gasteiger partial charge on any atom is -0.337 e. The summed E-state index contributed by atoms with van der Waals surface area (Å²) in [4.78, 5) is 4.22. The van der Waals surface area contributed by atoms with E-state index >= 15 is 0 Å². The van der Waals surface area contributed by atoms with Crippen molar-refractivity contribution in [1.29, 1.82) is 0 Å². The Morgan fingerprint density at radius 1 is 1.57 bits per heavy atom. The van der Waals surface area contributed by atoms with Crippen LogP contribution in [0.3, 0.4) is 0 Å². The van der Waals surface area contributed by atoms with E-state index in [1.807, 2.05) is 16.1 Å². The number of imidazole rings is 1. The van der Waals surface area contributed by atoms with Crippen LogP contribution in [0, 0.1) is 0 Å². The van der Waals surface area contributed by atoms with Crippen molar-refractivity contribution in [2.24, 2.45) is 5.73 Å². The average molecular weight is 209 g/mol. The number of nitrogens with zero attached hydrogens (tertiary/aromatic N) is 4. The van der Waals surface area contributed by atoms with Crippen LogP contribution in [0.2, 0.25) is 0 Å². The van der Waals surface area contributed by atoms with E-state index in [-0.39, 0.29) is 6.04 Å². The molecular weight excluding hydrogens is 198 g/mol. The Kier molecular flexibility index (Phi) is 2.55. The molecule has 0 bridgehead atoms. The normalized spacial score (nSPS) is 13.0. The summed E-state index contributed by atoms with van der Waals surface area (Å²) in [5, 5.41) is 5.76. The molecule has 14 heavy (non-hydrogen) atoms. The molecule has 2 aromatic heterocycles. The Balaban J connectivity index is 2.23. The lowest BCUT2D eigenvalue weighted by molar-refractivity contribution is 0.754. The summed E-state index contributed by atoms with van der Waals surface area (Å²) in [7, 11) is 0. The van der Waals surface area contributed by atoms with Crippen LogP contribution < -0.4 is 5.73 Å². The average Bonchev–Trinajstić information content (AvgIpc) is 2.88. The van der Waals surface area contributed by atoms with Crippen LogP contribution in [0.1, 0.15) is 24.4 Å². The molecule has 0 saturated heterocycles. The van der Waals surface area contributed by atoms with Crippen LogP contribution in [-0.2, 0) is 6.54 Å². The van der Waals surface area contributed by atoms with Crippen molar-refractivity contribution in [2.45, 2.75) is 19.5 Å². The summed E-state index contributed by atoms with van der Waals surface area (Å²) >= 11 is 1.30. The smallest absolute Gasteiger partial charge is 0.0984 e. The first-order chi connectivity index (χ1) is 6.81. The highest BCUT2D eigenvalue weighted by Gasteiger charge is 2.13. The Morgan fingerprint density at radius 2 is 2.43 bits per heavy atom. The fourth-order valence-electron chi connectivity index (χ4n) is 1.17. The Bertz CT molecular complexity index is 394. The molecule has 5 nitrogen and oxygen atoms in total. The molecule has 0 amide bonds. The van der Waals surface area contributed by atoms with E-state index in [4.69, 9.17) is 5.73 Å². The number of rotatable bonds is 3. The van der Waals surface area contributed by atoms with Crippen LogP contribution in [0.25, 0.3) is 0 Å². The van der Waals surface area contributed by atoms with Crippen molar-refractivity contribution in [2.75, 3.05) is 0 Å². The quantitative estimate of drug-likeness (QED) is 0.811. The fourth-order valence-corrected chi connectivity index (χ4v) is 1.66. The summed E-state index contributed by atoms with van der Waals surface area (Å²) in [5.41, 5.74) is 7.56. The Labute approximate surface area is 85.8 Å². The molecule has 0 radical (unpaired) electrons. The van der Waals surface area contributed by atoms with Crippen LogP contribution >= 0.6 is 11.5 Å². The highest BCUT2D eigenvalue weighted by atomic mass is 32.1. The molecule has 2 rings (SSSR count). The van der Waals surface area contributed by atoms with E-state index in [2.05, 4.69) is 21.5 Å². The molecule has 0 spiro atoms. The number of aromatic nitrogens is 4. The van der Waals surface area contributed by atoms with Crippen LogP contribution in [0.5, 0.6) is 0 Å². The summed E-state index contributed by atoms with van der Waals surface area (Å²) in [6.45, 7) is 2.95. The first-order valence-electron chi connectivity index (χ1n) is 4.35. The van der Waals surface area contributed by atoms with Gasteiger partial charge >= 0.3 is 0 Å². The van der Waals surface area contributed by atoms with Gasteiger partial charge in [-0.15, -0.1) is 5.10 Å². The minimum atomic E-state index is -0.262. The van der Waals surface area contributed by atoms with Crippen LogP contribution in [-0.4, -0.2) is 19.1 Å². The van der Waals surface area contributed by atoms with Crippen molar-refractivity contribution in [3.05, 3.63) is 29.3 Å². The maximum atomic E-state index is 5.96. The largest absolute Gasteiger partial charge is 0.337 e. The van der Waals surface area contributed by atoms with Gasteiger partial charge in [0.1, 0.15) is 0 Å². The zero-order valence-electron chi connectivity index (χ0n) is 7.79. The molecule has 2 aromatic rings. The summed E-state index contributed by atoms with van der Waals surface area (Å²) in [6, 6.07) is -0.262. The van der Waals surface area contributed by atoms with E-state index in [0.29, 0.717) is 0 Å². The van der Waals surface area contributed by atoms with Gasteiger partial charge in [0.25, 0.3) is 0 Å². The molecule has 0 aliphatic rings. The van der Waals surface area contributed by atoms with Crippen LogP contribution in [0.15, 0.2) is 17.9 Å². The molecule has 2 heterocycles. The van der Waals surface area contributed by atoms with Crippen LogP contribution in [0.4, 0.5) is 0 Å². The first kappa shape index (κ1) is 9.29. The van der Waals surface area contributed by atoms with Gasteiger partial charge in [-0.3, -0.25) is 0 Å². The standard InChI is InChI=1S/C8H11N5S/c1-2-13-3-6(10-5-13)8(9)7-4-14-12-11-7/h3-5,8H,2,9H2,1H3. The molecule has 74 valence electrons. The maximum Gasteiger partial charge on any atom is 0.0984 e. The Hall–Kier alpha value is -1.27. The third kappa shape index (κ3) is 1.66. The third-order valence-electron chi connectivity index (χ3n) is 2.03. The summed E-state index contributed by atoms with van der Waals surface area (Å²) < 4.78 is 5.75. The van der Waals surface area contributed by atoms with Gasteiger partial charge < -0.3 is 10.3 Å². The van der Waals surface area contributed by atoms with Crippen molar-refractivity contribution < 1.29 is 0 Å². The second-order valence-electron chi connectivity index (χ2n) is 2.94. The molecular formula is C8H11N5S. The SMILES string of the molecule is CCn1cnc(C(N)c2csnn2)c1. The fraction of sp³-hybridized carbons (Fsp3) is 0.375. The molecule has 1 atom stereocenters. The summed E-state index contributed by atoms with van der Waals surface area (Å²) in [6.07, 6.45) is 3.71. The molecule has 0 saturated carbocycles. The number of nitrogens with two attached hydrogens (primary N) is 1. The lowest BCUT2D eigenvalue weighted by Gasteiger charge is -2.02. The van der Waals surface area contributed by atoms with E-state index in [0.717, 1.165) is 17.9 Å². The highest BCUT2D eigenvalue weighted by molar-refractivity contribution is 7.03. The molecule has 1 unspecified atom stereocenters. The molecule has 2 N–H and O–H groups in total. The predicted octanol–water partition coefficient (Wildman–Crippen LogP) is 0.803. The van der Waals surface area contributed by atoms with Gasteiger partial charge in [0, 0.05) is 18.1 Å². The number of hydrogen-bond acceptors (Lipinski definition) is 5. The van der Waals surface area contributed by atoms with Gasteiger partial charge in [-0.25, -0.2) is 4.98 Å². The van der Waals surface area contributed by atoms with Gasteiger partial charge in [0.2, 0.25) is 0 Å². The first-order valence-corrected chi connectivity index (χ1v) is 5.19. The molecule has 0 aliphatic carbocycles. The number of hydrogen-bond donors (Lipinski definition) is 1. The highest BCUT2D eigenvalue weighted by Crippen LogP contribution is 2.15.